The summed E-state index contributed by atoms with van der Waals surface area (Å²) in [7, 11) is 1.59. The third-order valence-electron chi connectivity index (χ3n) is 3.86. The Labute approximate surface area is 109 Å². The number of methoxy groups -OCH3 is 1. The number of likely N-dealkylation sites (tertiary alicyclic amines) is 1. The van der Waals surface area contributed by atoms with Crippen LogP contribution in [0.4, 0.5) is 0 Å². The van der Waals surface area contributed by atoms with E-state index in [1.54, 1.807) is 13.2 Å². The second kappa shape index (κ2) is 5.61. The van der Waals surface area contributed by atoms with E-state index in [0.717, 1.165) is 18.7 Å². The van der Waals surface area contributed by atoms with Gasteiger partial charge in [0, 0.05) is 18.2 Å². The van der Waals surface area contributed by atoms with Gasteiger partial charge in [0.25, 0.3) is 0 Å². The largest absolute Gasteiger partial charge is 0.504 e. The lowest BCUT2D eigenvalue weighted by Gasteiger charge is -2.27. The average Bonchev–Trinajstić information content (AvgIpc) is 2.80. The zero-order valence-corrected chi connectivity index (χ0v) is 11.5. The zero-order chi connectivity index (χ0) is 13.1. The van der Waals surface area contributed by atoms with Crippen molar-refractivity contribution in [2.24, 2.45) is 5.92 Å². The van der Waals surface area contributed by atoms with Crippen LogP contribution >= 0.6 is 0 Å². The number of para-hydroxylation sites is 1. The SMILES string of the molecule is COc1cccc(CN2CCCC2C(C)C)c1O. The molecular weight excluding hydrogens is 226 g/mol. The summed E-state index contributed by atoms with van der Waals surface area (Å²) < 4.78 is 5.16. The quantitative estimate of drug-likeness (QED) is 0.890. The molecule has 1 unspecified atom stereocenters. The van der Waals surface area contributed by atoms with E-state index in [4.69, 9.17) is 4.74 Å². The average molecular weight is 249 g/mol. The molecule has 18 heavy (non-hydrogen) atoms. The van der Waals surface area contributed by atoms with Gasteiger partial charge in [-0.25, -0.2) is 0 Å². The van der Waals surface area contributed by atoms with Crippen LogP contribution in [0, 0.1) is 5.92 Å². The van der Waals surface area contributed by atoms with E-state index < -0.39 is 0 Å². The van der Waals surface area contributed by atoms with Crippen LogP contribution in [0.15, 0.2) is 18.2 Å². The highest BCUT2D eigenvalue weighted by molar-refractivity contribution is 5.45. The fraction of sp³-hybridized carbons (Fsp3) is 0.600. The van der Waals surface area contributed by atoms with Gasteiger partial charge < -0.3 is 9.84 Å². The molecule has 2 rings (SSSR count). The van der Waals surface area contributed by atoms with Gasteiger partial charge in [-0.1, -0.05) is 26.0 Å². The van der Waals surface area contributed by atoms with Crippen LogP contribution in [0.5, 0.6) is 11.5 Å². The van der Waals surface area contributed by atoms with Crippen molar-refractivity contribution in [2.75, 3.05) is 13.7 Å². The van der Waals surface area contributed by atoms with Crippen molar-refractivity contribution < 1.29 is 9.84 Å². The third-order valence-corrected chi connectivity index (χ3v) is 3.86. The second-order valence-corrected chi connectivity index (χ2v) is 5.39. The lowest BCUT2D eigenvalue weighted by atomic mass is 10.0. The Morgan fingerprint density at radius 3 is 2.89 bits per heavy atom. The molecule has 1 aromatic rings. The van der Waals surface area contributed by atoms with Crippen LogP contribution in [-0.2, 0) is 6.54 Å². The van der Waals surface area contributed by atoms with Gasteiger partial charge in [0.1, 0.15) is 0 Å². The lowest BCUT2D eigenvalue weighted by molar-refractivity contribution is 0.196. The Bertz CT molecular complexity index is 403. The first-order valence-corrected chi connectivity index (χ1v) is 6.72. The van der Waals surface area contributed by atoms with Gasteiger partial charge in [-0.3, -0.25) is 4.90 Å². The monoisotopic (exact) mass is 249 g/mol. The molecule has 1 saturated heterocycles. The van der Waals surface area contributed by atoms with Crippen molar-refractivity contribution in [2.45, 2.75) is 39.3 Å². The van der Waals surface area contributed by atoms with Gasteiger partial charge in [-0.15, -0.1) is 0 Å². The molecule has 100 valence electrons. The van der Waals surface area contributed by atoms with Gasteiger partial charge in [0.2, 0.25) is 0 Å². The highest BCUT2D eigenvalue weighted by atomic mass is 16.5. The van der Waals surface area contributed by atoms with E-state index in [0.29, 0.717) is 17.7 Å². The maximum absolute atomic E-state index is 10.1. The van der Waals surface area contributed by atoms with Crippen molar-refractivity contribution in [3.8, 4) is 11.5 Å². The van der Waals surface area contributed by atoms with Gasteiger partial charge in [-0.2, -0.15) is 0 Å². The summed E-state index contributed by atoms with van der Waals surface area (Å²) in [5, 5.41) is 10.1. The Morgan fingerprint density at radius 2 is 2.22 bits per heavy atom. The topological polar surface area (TPSA) is 32.7 Å². The minimum Gasteiger partial charge on any atom is -0.504 e. The summed E-state index contributed by atoms with van der Waals surface area (Å²) in [6.45, 7) is 6.48. The van der Waals surface area contributed by atoms with Crippen molar-refractivity contribution in [1.29, 1.82) is 0 Å². The zero-order valence-electron chi connectivity index (χ0n) is 11.5. The number of rotatable bonds is 4. The molecule has 1 aliphatic rings. The van der Waals surface area contributed by atoms with Crippen LogP contribution in [0.2, 0.25) is 0 Å². The van der Waals surface area contributed by atoms with Gasteiger partial charge >= 0.3 is 0 Å². The van der Waals surface area contributed by atoms with E-state index in [2.05, 4.69) is 18.7 Å². The predicted molar refractivity (Wildman–Crippen MR) is 72.9 cm³/mol. The second-order valence-electron chi connectivity index (χ2n) is 5.39. The minimum atomic E-state index is 0.286. The third kappa shape index (κ3) is 2.61. The number of phenolic OH excluding ortho intramolecular Hbond substituents is 1. The summed E-state index contributed by atoms with van der Waals surface area (Å²) in [4.78, 5) is 2.47. The van der Waals surface area contributed by atoms with Crippen LogP contribution in [0.1, 0.15) is 32.3 Å². The molecule has 0 aliphatic carbocycles. The van der Waals surface area contributed by atoms with E-state index in [1.165, 1.54) is 12.8 Å². The number of ether oxygens (including phenoxy) is 1. The van der Waals surface area contributed by atoms with Gasteiger partial charge in [0.05, 0.1) is 7.11 Å². The number of aromatic hydroxyl groups is 1. The first-order valence-electron chi connectivity index (χ1n) is 6.72. The number of benzene rings is 1. The maximum atomic E-state index is 10.1. The smallest absolute Gasteiger partial charge is 0.162 e. The summed E-state index contributed by atoms with van der Waals surface area (Å²) in [5.41, 5.74) is 0.960. The highest BCUT2D eigenvalue weighted by Gasteiger charge is 2.27. The van der Waals surface area contributed by atoms with Crippen LogP contribution in [0.25, 0.3) is 0 Å². The fourth-order valence-corrected chi connectivity index (χ4v) is 2.88. The molecule has 1 N–H and O–H groups in total. The van der Waals surface area contributed by atoms with E-state index in [-0.39, 0.29) is 5.75 Å². The number of hydrogen-bond donors (Lipinski definition) is 1. The minimum absolute atomic E-state index is 0.286. The maximum Gasteiger partial charge on any atom is 0.162 e. The Morgan fingerprint density at radius 1 is 1.44 bits per heavy atom. The van der Waals surface area contributed by atoms with Crippen molar-refractivity contribution in [3.05, 3.63) is 23.8 Å². The molecule has 1 aromatic carbocycles. The highest BCUT2D eigenvalue weighted by Crippen LogP contribution is 2.33. The molecular formula is C15H23NO2. The van der Waals surface area contributed by atoms with Crippen molar-refractivity contribution in [1.82, 2.24) is 4.90 Å². The van der Waals surface area contributed by atoms with E-state index in [9.17, 15) is 5.11 Å². The summed E-state index contributed by atoms with van der Waals surface area (Å²) >= 11 is 0. The first kappa shape index (κ1) is 13.2. The molecule has 1 aliphatic heterocycles. The Balaban J connectivity index is 2.14. The van der Waals surface area contributed by atoms with Gasteiger partial charge in [-0.05, 0) is 31.4 Å². The van der Waals surface area contributed by atoms with E-state index >= 15 is 0 Å². The van der Waals surface area contributed by atoms with Crippen molar-refractivity contribution >= 4 is 0 Å². The number of phenols is 1. The fourth-order valence-electron chi connectivity index (χ4n) is 2.88. The van der Waals surface area contributed by atoms with Crippen LogP contribution < -0.4 is 4.74 Å². The molecule has 0 saturated carbocycles. The van der Waals surface area contributed by atoms with E-state index in [1.807, 2.05) is 12.1 Å². The molecule has 0 radical (unpaired) electrons. The predicted octanol–water partition coefficient (Wildman–Crippen LogP) is 3.02. The van der Waals surface area contributed by atoms with Gasteiger partial charge in [0.15, 0.2) is 11.5 Å². The number of nitrogens with zero attached hydrogens (tertiary/aromatic N) is 1. The molecule has 3 heteroatoms. The molecule has 0 amide bonds. The molecule has 0 aromatic heterocycles. The molecule has 0 spiro atoms. The molecule has 3 nitrogen and oxygen atoms in total. The number of hydrogen-bond acceptors (Lipinski definition) is 3. The van der Waals surface area contributed by atoms with Crippen molar-refractivity contribution in [3.63, 3.8) is 0 Å². The molecule has 1 fully saturated rings. The molecule has 1 heterocycles. The molecule has 0 bridgehead atoms. The normalized spacial score (nSPS) is 20.6. The Hall–Kier alpha value is -1.22. The first-order chi connectivity index (χ1) is 8.63. The van der Waals surface area contributed by atoms with Crippen LogP contribution in [0.3, 0.4) is 0 Å². The standard InChI is InChI=1S/C15H23NO2/c1-11(2)13-7-5-9-16(13)10-12-6-4-8-14(18-3)15(12)17/h4,6,8,11,13,17H,5,7,9-10H2,1-3H3. The lowest BCUT2D eigenvalue weighted by Crippen LogP contribution is -2.32. The summed E-state index contributed by atoms with van der Waals surface area (Å²) in [5.74, 6) is 1.52. The summed E-state index contributed by atoms with van der Waals surface area (Å²) in [6, 6.07) is 6.35. The summed E-state index contributed by atoms with van der Waals surface area (Å²) in [6.07, 6.45) is 2.52. The van der Waals surface area contributed by atoms with Crippen LogP contribution in [-0.4, -0.2) is 29.7 Å². The Kier molecular flexibility index (Phi) is 4.12. The molecule has 1 atom stereocenters.